The summed E-state index contributed by atoms with van der Waals surface area (Å²) < 4.78 is 63.6. The van der Waals surface area contributed by atoms with Crippen LogP contribution in [0, 0.1) is 5.82 Å². The molecular weight excluding hydrogens is 554 g/mol. The molecule has 1 amide bonds. The maximum absolute atomic E-state index is 14.8. The summed E-state index contributed by atoms with van der Waals surface area (Å²) in [5, 5.41) is 0. The summed E-state index contributed by atoms with van der Waals surface area (Å²) in [4.78, 5) is 25.4. The molecule has 1 aromatic carbocycles. The minimum absolute atomic E-state index is 0.0197. The van der Waals surface area contributed by atoms with E-state index in [1.807, 2.05) is 18.9 Å². The third-order valence-corrected chi connectivity index (χ3v) is 8.94. The van der Waals surface area contributed by atoms with E-state index < -0.39 is 37.1 Å². The van der Waals surface area contributed by atoms with Gasteiger partial charge in [0.15, 0.2) is 0 Å². The van der Waals surface area contributed by atoms with E-state index in [4.69, 9.17) is 10.5 Å². The number of halogens is 4. The lowest BCUT2D eigenvalue weighted by Crippen LogP contribution is -2.50. The third-order valence-electron chi connectivity index (χ3n) is 7.23. The van der Waals surface area contributed by atoms with Gasteiger partial charge >= 0.3 is 6.18 Å². The Balaban J connectivity index is 1.98. The van der Waals surface area contributed by atoms with Crippen molar-refractivity contribution in [3.05, 3.63) is 59.5 Å². The number of pyridine rings is 2. The number of amides is 1. The van der Waals surface area contributed by atoms with E-state index in [1.165, 1.54) is 24.4 Å². The highest BCUT2D eigenvalue weighted by Crippen LogP contribution is 2.42. The topological polar surface area (TPSA) is 84.6 Å². The van der Waals surface area contributed by atoms with E-state index in [1.54, 1.807) is 12.1 Å². The van der Waals surface area contributed by atoms with Crippen molar-refractivity contribution in [2.45, 2.75) is 44.8 Å². The Morgan fingerprint density at radius 1 is 1.15 bits per heavy atom. The fourth-order valence-corrected chi connectivity index (χ4v) is 5.45. The molecule has 1 atom stereocenters. The first-order valence-electron chi connectivity index (χ1n) is 13.4. The van der Waals surface area contributed by atoms with E-state index in [0.29, 0.717) is 36.9 Å². The normalized spacial score (nSPS) is 16.6. The van der Waals surface area contributed by atoms with Crippen molar-refractivity contribution in [3.63, 3.8) is 0 Å². The zero-order chi connectivity index (χ0) is 30.1. The van der Waals surface area contributed by atoms with Gasteiger partial charge in [-0.1, -0.05) is 25.7 Å². The number of carbonyl (C=O) groups is 1. The molecule has 41 heavy (non-hydrogen) atoms. The molecule has 3 heterocycles. The number of nitrogens with two attached hydrogens (primary N) is 1. The van der Waals surface area contributed by atoms with Crippen LogP contribution < -0.4 is 15.4 Å². The van der Waals surface area contributed by atoms with Crippen LogP contribution >= 0.6 is 0 Å². The SMILES string of the molecule is CC1CN(c2ccc(-c3ncccc3F)cc2-c2nc(OCC[Si](C)(C)C)cc(C(F)(F)F)c2C(N)=O)CCN1C. The van der Waals surface area contributed by atoms with Crippen molar-refractivity contribution < 1.29 is 27.1 Å². The summed E-state index contributed by atoms with van der Waals surface area (Å²) in [5.74, 6) is -2.13. The van der Waals surface area contributed by atoms with Gasteiger partial charge in [0.25, 0.3) is 5.91 Å². The Morgan fingerprint density at radius 2 is 1.88 bits per heavy atom. The second-order valence-corrected chi connectivity index (χ2v) is 17.2. The maximum Gasteiger partial charge on any atom is 0.417 e. The number of alkyl halides is 3. The van der Waals surface area contributed by atoms with Gasteiger partial charge in [0.2, 0.25) is 5.88 Å². The molecule has 1 saturated heterocycles. The second kappa shape index (κ2) is 11.8. The van der Waals surface area contributed by atoms with Gasteiger partial charge in [0, 0.05) is 62.8 Å². The summed E-state index contributed by atoms with van der Waals surface area (Å²) in [5.41, 5.74) is 4.42. The number of piperazine rings is 1. The molecule has 0 radical (unpaired) electrons. The van der Waals surface area contributed by atoms with E-state index in [2.05, 4.69) is 34.5 Å². The lowest BCUT2D eigenvalue weighted by molar-refractivity contribution is -0.138. The van der Waals surface area contributed by atoms with Crippen LogP contribution in [0.2, 0.25) is 25.7 Å². The zero-order valence-electron chi connectivity index (χ0n) is 23.8. The highest BCUT2D eigenvalue weighted by atomic mass is 28.3. The van der Waals surface area contributed by atoms with E-state index >= 15 is 0 Å². The van der Waals surface area contributed by atoms with Crippen molar-refractivity contribution in [1.29, 1.82) is 0 Å². The Labute approximate surface area is 238 Å². The predicted molar refractivity (Wildman–Crippen MR) is 154 cm³/mol. The van der Waals surface area contributed by atoms with Crippen molar-refractivity contribution in [2.75, 3.05) is 38.2 Å². The smallest absolute Gasteiger partial charge is 0.417 e. The summed E-state index contributed by atoms with van der Waals surface area (Å²) in [6.07, 6.45) is -3.48. The first-order valence-corrected chi connectivity index (χ1v) is 17.1. The second-order valence-electron chi connectivity index (χ2n) is 11.6. The number of ether oxygens (including phenoxy) is 1. The average molecular weight is 590 g/mol. The Hall–Kier alpha value is -3.51. The van der Waals surface area contributed by atoms with Gasteiger partial charge in [-0.2, -0.15) is 13.2 Å². The van der Waals surface area contributed by atoms with E-state index in [-0.39, 0.29) is 35.5 Å². The summed E-state index contributed by atoms with van der Waals surface area (Å²) in [6, 6.07) is 9.16. The maximum atomic E-state index is 14.8. The van der Waals surface area contributed by atoms with Crippen LogP contribution in [0.5, 0.6) is 5.88 Å². The van der Waals surface area contributed by atoms with Gasteiger partial charge in [-0.3, -0.25) is 9.78 Å². The quantitative estimate of drug-likeness (QED) is 0.259. The summed E-state index contributed by atoms with van der Waals surface area (Å²) >= 11 is 0. The number of carbonyl (C=O) groups excluding carboxylic acids is 1. The summed E-state index contributed by atoms with van der Waals surface area (Å²) in [6.45, 7) is 10.5. The zero-order valence-corrected chi connectivity index (χ0v) is 24.8. The molecule has 12 heteroatoms. The first kappa shape index (κ1) is 30.4. The minimum Gasteiger partial charge on any atom is -0.478 e. The molecule has 1 aliphatic rings. The van der Waals surface area contributed by atoms with Crippen LogP contribution in [0.25, 0.3) is 22.5 Å². The minimum atomic E-state index is -4.91. The molecule has 3 aromatic rings. The van der Waals surface area contributed by atoms with Crippen LogP contribution in [-0.4, -0.2) is 68.2 Å². The van der Waals surface area contributed by atoms with Gasteiger partial charge in [0.05, 0.1) is 23.4 Å². The largest absolute Gasteiger partial charge is 0.478 e. The lowest BCUT2D eigenvalue weighted by Gasteiger charge is -2.40. The molecule has 1 fully saturated rings. The molecule has 0 aliphatic carbocycles. The molecule has 7 nitrogen and oxygen atoms in total. The number of benzene rings is 1. The number of rotatable bonds is 8. The number of anilines is 1. The van der Waals surface area contributed by atoms with E-state index in [0.717, 1.165) is 6.07 Å². The first-order chi connectivity index (χ1) is 19.2. The van der Waals surface area contributed by atoms with Crippen LogP contribution in [0.1, 0.15) is 22.8 Å². The monoisotopic (exact) mass is 589 g/mol. The van der Waals surface area contributed by atoms with Crippen LogP contribution in [-0.2, 0) is 6.18 Å². The Morgan fingerprint density at radius 3 is 2.49 bits per heavy atom. The molecule has 4 rings (SSSR count). The molecule has 2 aromatic heterocycles. The number of aromatic nitrogens is 2. The number of hydrogen-bond donors (Lipinski definition) is 1. The molecule has 220 valence electrons. The molecule has 0 saturated carbocycles. The fourth-order valence-electron chi connectivity index (χ4n) is 4.74. The fraction of sp³-hybridized carbons (Fsp3) is 0.414. The van der Waals surface area contributed by atoms with Gasteiger partial charge in [-0.25, -0.2) is 9.37 Å². The molecule has 2 N–H and O–H groups in total. The van der Waals surface area contributed by atoms with Crippen LogP contribution in [0.3, 0.4) is 0 Å². The highest BCUT2D eigenvalue weighted by Gasteiger charge is 2.39. The highest BCUT2D eigenvalue weighted by molar-refractivity contribution is 6.76. The van der Waals surface area contributed by atoms with Crippen molar-refractivity contribution in [2.24, 2.45) is 5.73 Å². The van der Waals surface area contributed by atoms with Crippen LogP contribution in [0.15, 0.2) is 42.6 Å². The van der Waals surface area contributed by atoms with Crippen molar-refractivity contribution >= 4 is 19.7 Å². The lowest BCUT2D eigenvalue weighted by atomic mass is 9.95. The molecule has 0 spiro atoms. The standard InChI is InChI=1S/C29H35F4N5O2Si/c1-18-17-38(12-11-37(18)2)23-9-8-19(26-22(30)7-6-10-35-26)15-20(23)27-25(28(34)39)21(29(31,32)33)16-24(36-27)40-13-14-41(3,4)5/h6-10,15-16,18H,11-14,17H2,1-5H3,(H2,34,39). The number of hydrogen-bond acceptors (Lipinski definition) is 6. The number of likely N-dealkylation sites (N-methyl/N-ethyl adjacent to an activating group) is 1. The van der Waals surface area contributed by atoms with Crippen molar-refractivity contribution in [1.82, 2.24) is 14.9 Å². The van der Waals surface area contributed by atoms with E-state index in [9.17, 15) is 22.4 Å². The van der Waals surface area contributed by atoms with Gasteiger partial charge in [-0.05, 0) is 44.3 Å². The van der Waals surface area contributed by atoms with Gasteiger partial charge in [-0.15, -0.1) is 0 Å². The third kappa shape index (κ3) is 7.04. The number of nitrogens with zero attached hydrogens (tertiary/aromatic N) is 4. The Kier molecular flexibility index (Phi) is 8.74. The Bertz CT molecular complexity index is 1430. The number of primary amides is 1. The molecule has 1 aliphatic heterocycles. The predicted octanol–water partition coefficient (Wildman–Crippen LogP) is 5.92. The molecule has 1 unspecified atom stereocenters. The summed E-state index contributed by atoms with van der Waals surface area (Å²) in [7, 11) is 0.436. The molecule has 0 bridgehead atoms. The molecular formula is C29H35F4N5O2Si. The van der Waals surface area contributed by atoms with Gasteiger partial charge in [0.1, 0.15) is 11.5 Å². The van der Waals surface area contributed by atoms with Crippen molar-refractivity contribution in [3.8, 4) is 28.4 Å². The van der Waals surface area contributed by atoms with Gasteiger partial charge < -0.3 is 20.3 Å². The average Bonchev–Trinajstić information content (AvgIpc) is 2.88. The van der Waals surface area contributed by atoms with Crippen LogP contribution in [0.4, 0.5) is 23.2 Å².